The normalized spacial score (nSPS) is 12.3. The second-order valence-electron chi connectivity index (χ2n) is 6.93. The number of benzene rings is 2. The van der Waals surface area contributed by atoms with Crippen molar-refractivity contribution in [2.24, 2.45) is 0 Å². The number of amides is 1. The maximum atomic E-state index is 12.9. The first-order chi connectivity index (χ1) is 13.9. The van der Waals surface area contributed by atoms with Crippen molar-refractivity contribution in [1.29, 1.82) is 0 Å². The van der Waals surface area contributed by atoms with Crippen molar-refractivity contribution in [3.8, 4) is 0 Å². The van der Waals surface area contributed by atoms with Crippen LogP contribution in [0.2, 0.25) is 0 Å². The molecule has 0 saturated carbocycles. The quantitative estimate of drug-likeness (QED) is 0.642. The molecule has 0 aliphatic heterocycles. The molecule has 0 heterocycles. The second kappa shape index (κ2) is 9.18. The van der Waals surface area contributed by atoms with Gasteiger partial charge in [0.1, 0.15) is 0 Å². The molecule has 30 heavy (non-hydrogen) atoms. The summed E-state index contributed by atoms with van der Waals surface area (Å²) in [5.74, 6) is -0.483. The van der Waals surface area contributed by atoms with Crippen molar-refractivity contribution >= 4 is 15.9 Å². The van der Waals surface area contributed by atoms with Gasteiger partial charge in [0.25, 0.3) is 5.91 Å². The van der Waals surface area contributed by atoms with Crippen LogP contribution in [0.4, 0.5) is 13.2 Å². The zero-order chi connectivity index (χ0) is 22.7. The van der Waals surface area contributed by atoms with E-state index >= 15 is 0 Å². The van der Waals surface area contributed by atoms with Gasteiger partial charge in [-0.05, 0) is 42.3 Å². The van der Waals surface area contributed by atoms with Crippen molar-refractivity contribution in [3.63, 3.8) is 0 Å². The average Bonchev–Trinajstić information content (AvgIpc) is 2.68. The van der Waals surface area contributed by atoms with Crippen molar-refractivity contribution in [1.82, 2.24) is 9.21 Å². The summed E-state index contributed by atoms with van der Waals surface area (Å²) in [4.78, 5) is 14.1. The Morgan fingerprint density at radius 3 is 2.23 bits per heavy atom. The zero-order valence-corrected chi connectivity index (χ0v) is 18.1. The first-order valence-corrected chi connectivity index (χ1v) is 10.9. The molecule has 164 valence electrons. The molecule has 0 aliphatic rings. The number of sulfonamides is 1. The lowest BCUT2D eigenvalue weighted by Crippen LogP contribution is -2.31. The summed E-state index contributed by atoms with van der Waals surface area (Å²) in [6.07, 6.45) is -4.47. The van der Waals surface area contributed by atoms with Gasteiger partial charge in [0.15, 0.2) is 0 Å². The van der Waals surface area contributed by atoms with E-state index in [1.54, 1.807) is 26.8 Å². The van der Waals surface area contributed by atoms with Gasteiger partial charge in [0, 0.05) is 32.2 Å². The highest BCUT2D eigenvalue weighted by Gasteiger charge is 2.30. The number of carbonyl (C=O) groups is 1. The smallest absolute Gasteiger partial charge is 0.337 e. The van der Waals surface area contributed by atoms with Gasteiger partial charge in [-0.1, -0.05) is 32.0 Å². The Labute approximate surface area is 175 Å². The number of hydrogen-bond acceptors (Lipinski definition) is 3. The maximum absolute atomic E-state index is 12.9. The van der Waals surface area contributed by atoms with Gasteiger partial charge < -0.3 is 4.90 Å². The minimum absolute atomic E-state index is 0.0459. The highest BCUT2D eigenvalue weighted by atomic mass is 32.2. The molecule has 5 nitrogen and oxygen atoms in total. The van der Waals surface area contributed by atoms with Crippen LogP contribution in [0.15, 0.2) is 47.4 Å². The third-order valence-corrected chi connectivity index (χ3v) is 6.97. The lowest BCUT2D eigenvalue weighted by molar-refractivity contribution is -0.137. The molecule has 0 radical (unpaired) electrons. The topological polar surface area (TPSA) is 57.7 Å². The van der Waals surface area contributed by atoms with E-state index in [1.807, 2.05) is 0 Å². The Kier molecular flexibility index (Phi) is 7.31. The van der Waals surface area contributed by atoms with Crippen molar-refractivity contribution < 1.29 is 26.4 Å². The third-order valence-electron chi connectivity index (χ3n) is 4.78. The van der Waals surface area contributed by atoms with Crippen LogP contribution in [-0.4, -0.2) is 43.7 Å². The van der Waals surface area contributed by atoms with E-state index in [2.05, 4.69) is 0 Å². The molecule has 0 aromatic heterocycles. The summed E-state index contributed by atoms with van der Waals surface area (Å²) in [7, 11) is -2.30. The second-order valence-corrected chi connectivity index (χ2v) is 8.84. The van der Waals surface area contributed by atoms with Crippen LogP contribution in [0.3, 0.4) is 0 Å². The molecule has 1 amide bonds. The van der Waals surface area contributed by atoms with Crippen molar-refractivity contribution in [3.05, 3.63) is 64.7 Å². The standard InChI is InChI=1S/C21H25F3N2O3S/c1-5-26(6-2)30(28,29)19-13-17(11-10-15(19)3)20(27)25(4)14-16-8-7-9-18(12-16)21(22,23)24/h7-13H,5-6,14H2,1-4H3. The summed E-state index contributed by atoms with van der Waals surface area (Å²) < 4.78 is 65.8. The van der Waals surface area contributed by atoms with Crippen LogP contribution in [0.25, 0.3) is 0 Å². The molecule has 0 spiro atoms. The maximum Gasteiger partial charge on any atom is 0.416 e. The molecule has 0 N–H and O–H groups in total. The fourth-order valence-electron chi connectivity index (χ4n) is 3.13. The number of alkyl halides is 3. The highest BCUT2D eigenvalue weighted by molar-refractivity contribution is 7.89. The molecule has 0 unspecified atom stereocenters. The van der Waals surface area contributed by atoms with Gasteiger partial charge in [-0.2, -0.15) is 17.5 Å². The molecular weight excluding hydrogens is 417 g/mol. The fraction of sp³-hybridized carbons (Fsp3) is 0.381. The third kappa shape index (κ3) is 5.20. The van der Waals surface area contributed by atoms with Crippen LogP contribution >= 0.6 is 0 Å². The van der Waals surface area contributed by atoms with Crippen LogP contribution in [0.1, 0.15) is 40.9 Å². The molecule has 0 fully saturated rings. The number of hydrogen-bond donors (Lipinski definition) is 0. The fourth-order valence-corrected chi connectivity index (χ4v) is 4.83. The Hall–Kier alpha value is -2.39. The van der Waals surface area contributed by atoms with Crippen LogP contribution in [0, 0.1) is 6.92 Å². The summed E-state index contributed by atoms with van der Waals surface area (Å²) in [5.41, 5.74) is 0.201. The SMILES string of the molecule is CCN(CC)S(=O)(=O)c1cc(C(=O)N(C)Cc2cccc(C(F)(F)F)c2)ccc1C. The molecular formula is C21H25F3N2O3S. The van der Waals surface area contributed by atoms with E-state index in [-0.39, 0.29) is 17.0 Å². The van der Waals surface area contributed by atoms with Gasteiger partial charge >= 0.3 is 6.18 Å². The first kappa shape index (κ1) is 23.9. The predicted molar refractivity (Wildman–Crippen MR) is 109 cm³/mol. The molecule has 0 aliphatic carbocycles. The summed E-state index contributed by atoms with van der Waals surface area (Å²) in [6, 6.07) is 9.16. The average molecular weight is 443 g/mol. The monoisotopic (exact) mass is 442 g/mol. The molecule has 2 aromatic carbocycles. The van der Waals surface area contributed by atoms with E-state index in [0.29, 0.717) is 24.2 Å². The molecule has 2 rings (SSSR count). The van der Waals surface area contributed by atoms with Crippen LogP contribution in [0.5, 0.6) is 0 Å². The lowest BCUT2D eigenvalue weighted by Gasteiger charge is -2.22. The van der Waals surface area contributed by atoms with E-state index in [0.717, 1.165) is 12.1 Å². The zero-order valence-electron chi connectivity index (χ0n) is 17.3. The van der Waals surface area contributed by atoms with E-state index < -0.39 is 27.7 Å². The minimum Gasteiger partial charge on any atom is -0.337 e. The Morgan fingerprint density at radius 1 is 1.03 bits per heavy atom. The number of nitrogens with zero attached hydrogens (tertiary/aromatic N) is 2. The summed E-state index contributed by atoms with van der Waals surface area (Å²) in [5, 5.41) is 0. The van der Waals surface area contributed by atoms with Gasteiger partial charge in [0.2, 0.25) is 10.0 Å². The molecule has 0 atom stereocenters. The van der Waals surface area contributed by atoms with Crippen LogP contribution < -0.4 is 0 Å². The Bertz CT molecular complexity index is 1020. The van der Waals surface area contributed by atoms with Gasteiger partial charge in [-0.25, -0.2) is 8.42 Å². The Morgan fingerprint density at radius 2 is 1.67 bits per heavy atom. The number of halogens is 3. The van der Waals surface area contributed by atoms with E-state index in [4.69, 9.17) is 0 Å². The molecule has 0 saturated heterocycles. The first-order valence-electron chi connectivity index (χ1n) is 9.44. The number of rotatable bonds is 7. The largest absolute Gasteiger partial charge is 0.416 e. The van der Waals surface area contributed by atoms with Gasteiger partial charge in [-0.3, -0.25) is 4.79 Å². The highest BCUT2D eigenvalue weighted by Crippen LogP contribution is 2.30. The molecule has 2 aromatic rings. The van der Waals surface area contributed by atoms with Crippen molar-refractivity contribution in [2.45, 2.75) is 38.4 Å². The Balaban J connectivity index is 2.31. The van der Waals surface area contributed by atoms with E-state index in [9.17, 15) is 26.4 Å². The van der Waals surface area contributed by atoms with Gasteiger partial charge in [0.05, 0.1) is 10.5 Å². The predicted octanol–water partition coefficient (Wildman–Crippen LogP) is 4.32. The number of aryl methyl sites for hydroxylation is 1. The lowest BCUT2D eigenvalue weighted by atomic mass is 10.1. The molecule has 0 bridgehead atoms. The van der Waals surface area contributed by atoms with Gasteiger partial charge in [-0.15, -0.1) is 0 Å². The summed E-state index contributed by atoms with van der Waals surface area (Å²) in [6.45, 7) is 5.66. The minimum atomic E-state index is -4.47. The number of carbonyl (C=O) groups excluding carboxylic acids is 1. The van der Waals surface area contributed by atoms with Crippen molar-refractivity contribution in [2.75, 3.05) is 20.1 Å². The summed E-state index contributed by atoms with van der Waals surface area (Å²) >= 11 is 0. The van der Waals surface area contributed by atoms with Crippen LogP contribution in [-0.2, 0) is 22.7 Å². The molecule has 9 heteroatoms. The van der Waals surface area contributed by atoms with E-state index in [1.165, 1.54) is 40.5 Å².